The molecule has 2 heteroatoms. The third-order valence-electron chi connectivity index (χ3n) is 4.49. The summed E-state index contributed by atoms with van der Waals surface area (Å²) in [6.45, 7) is 4.26. The van der Waals surface area contributed by atoms with Crippen molar-refractivity contribution in [3.8, 4) is 5.75 Å². The van der Waals surface area contributed by atoms with Gasteiger partial charge in [-0.2, -0.15) is 0 Å². The molecule has 0 unspecified atom stereocenters. The third kappa shape index (κ3) is 3.09. The number of phenols is 1. The number of hydrogen-bond donors (Lipinski definition) is 1. The lowest BCUT2D eigenvalue weighted by Crippen LogP contribution is -2.18. The van der Waals surface area contributed by atoms with Gasteiger partial charge in [0.2, 0.25) is 0 Å². The molecule has 0 heterocycles. The van der Waals surface area contributed by atoms with E-state index in [9.17, 15) is 9.90 Å². The highest BCUT2D eigenvalue weighted by atomic mass is 16.3. The first kappa shape index (κ1) is 16.0. The number of aromatic hydroxyl groups is 1. The second-order valence-electron chi connectivity index (χ2n) is 6.44. The molecular formula is C22H20O2. The summed E-state index contributed by atoms with van der Waals surface area (Å²) in [7, 11) is 0. The number of phenolic OH excluding ortho intramolecular Hbond substituents is 1. The third-order valence-corrected chi connectivity index (χ3v) is 4.49. The van der Waals surface area contributed by atoms with Gasteiger partial charge in [-0.3, -0.25) is 4.79 Å². The van der Waals surface area contributed by atoms with Gasteiger partial charge in [0.25, 0.3) is 0 Å². The van der Waals surface area contributed by atoms with E-state index >= 15 is 0 Å². The summed E-state index contributed by atoms with van der Waals surface area (Å²) < 4.78 is 0. The molecule has 0 saturated heterocycles. The summed E-state index contributed by atoms with van der Waals surface area (Å²) in [5.41, 5.74) is 3.41. The van der Waals surface area contributed by atoms with Crippen LogP contribution < -0.4 is 0 Å². The maximum atomic E-state index is 12.5. The molecule has 0 aliphatic carbocycles. The van der Waals surface area contributed by atoms with Gasteiger partial charge in [0.15, 0.2) is 5.78 Å². The Morgan fingerprint density at radius 2 is 1.17 bits per heavy atom. The number of ketones is 1. The van der Waals surface area contributed by atoms with E-state index in [1.54, 1.807) is 12.1 Å². The average Bonchev–Trinajstić information content (AvgIpc) is 2.62. The topological polar surface area (TPSA) is 37.3 Å². The molecular weight excluding hydrogens is 296 g/mol. The molecule has 24 heavy (non-hydrogen) atoms. The molecule has 2 nitrogen and oxygen atoms in total. The molecule has 3 aromatic rings. The Labute approximate surface area is 142 Å². The Kier molecular flexibility index (Phi) is 4.22. The number of rotatable bonds is 4. The molecule has 0 aliphatic rings. The molecule has 0 radical (unpaired) electrons. The summed E-state index contributed by atoms with van der Waals surface area (Å²) >= 11 is 0. The van der Waals surface area contributed by atoms with Gasteiger partial charge in [0, 0.05) is 16.5 Å². The van der Waals surface area contributed by atoms with E-state index in [0.717, 1.165) is 11.1 Å². The van der Waals surface area contributed by atoms with Gasteiger partial charge >= 0.3 is 0 Å². The van der Waals surface area contributed by atoms with E-state index in [4.69, 9.17) is 0 Å². The molecule has 0 spiro atoms. The van der Waals surface area contributed by atoms with Crippen LogP contribution in [0.5, 0.6) is 5.75 Å². The highest BCUT2D eigenvalue weighted by Gasteiger charge is 2.23. The molecule has 120 valence electrons. The molecule has 0 fully saturated rings. The minimum absolute atomic E-state index is 0.0320. The number of carbonyl (C=O) groups excluding carboxylic acids is 1. The largest absolute Gasteiger partial charge is 0.508 e. The monoisotopic (exact) mass is 316 g/mol. The van der Waals surface area contributed by atoms with Crippen LogP contribution in [-0.2, 0) is 5.41 Å². The molecule has 0 aliphatic heterocycles. The van der Waals surface area contributed by atoms with Crippen molar-refractivity contribution in [1.82, 2.24) is 0 Å². The average molecular weight is 316 g/mol. The van der Waals surface area contributed by atoms with Crippen LogP contribution in [0.15, 0.2) is 78.9 Å². The van der Waals surface area contributed by atoms with Crippen molar-refractivity contribution in [3.63, 3.8) is 0 Å². The predicted molar refractivity (Wildman–Crippen MR) is 96.6 cm³/mol. The van der Waals surface area contributed by atoms with Gasteiger partial charge in [-0.25, -0.2) is 0 Å². The van der Waals surface area contributed by atoms with Crippen LogP contribution in [0.4, 0.5) is 0 Å². The van der Waals surface area contributed by atoms with E-state index in [0.29, 0.717) is 11.1 Å². The predicted octanol–water partition coefficient (Wildman–Crippen LogP) is 4.95. The van der Waals surface area contributed by atoms with E-state index in [-0.39, 0.29) is 16.9 Å². The molecule has 0 atom stereocenters. The van der Waals surface area contributed by atoms with Crippen molar-refractivity contribution in [3.05, 3.63) is 101 Å². The Hall–Kier alpha value is -2.87. The van der Waals surface area contributed by atoms with Crippen LogP contribution in [0, 0.1) is 0 Å². The van der Waals surface area contributed by atoms with Crippen LogP contribution in [0.3, 0.4) is 0 Å². The van der Waals surface area contributed by atoms with E-state index in [1.807, 2.05) is 66.7 Å². The standard InChI is InChI=1S/C22H20O2/c1-22(2,19-12-14-20(23)15-13-19)18-10-8-17(9-11-18)21(24)16-6-4-3-5-7-16/h3-15,23H,1-2H3. The van der Waals surface area contributed by atoms with Gasteiger partial charge in [-0.15, -0.1) is 0 Å². The highest BCUT2D eigenvalue weighted by Crippen LogP contribution is 2.32. The van der Waals surface area contributed by atoms with Gasteiger partial charge in [0.05, 0.1) is 0 Å². The molecule has 1 N–H and O–H groups in total. The van der Waals surface area contributed by atoms with Crippen LogP contribution in [0.25, 0.3) is 0 Å². The van der Waals surface area contributed by atoms with E-state index in [1.165, 1.54) is 0 Å². The molecule has 0 amide bonds. The van der Waals surface area contributed by atoms with Crippen LogP contribution in [-0.4, -0.2) is 10.9 Å². The second-order valence-corrected chi connectivity index (χ2v) is 6.44. The van der Waals surface area contributed by atoms with Crippen LogP contribution >= 0.6 is 0 Å². The fraction of sp³-hybridized carbons (Fsp3) is 0.136. The van der Waals surface area contributed by atoms with Gasteiger partial charge < -0.3 is 5.11 Å². The summed E-state index contributed by atoms with van der Waals surface area (Å²) in [5, 5.41) is 9.46. The zero-order valence-electron chi connectivity index (χ0n) is 13.9. The van der Waals surface area contributed by atoms with Gasteiger partial charge in [-0.05, 0) is 23.3 Å². The Morgan fingerprint density at radius 3 is 1.71 bits per heavy atom. The fourth-order valence-corrected chi connectivity index (χ4v) is 2.84. The lowest BCUT2D eigenvalue weighted by molar-refractivity contribution is 0.103. The molecule has 0 bridgehead atoms. The van der Waals surface area contributed by atoms with Crippen molar-refractivity contribution in [2.45, 2.75) is 19.3 Å². The second kappa shape index (κ2) is 6.32. The summed E-state index contributed by atoms with van der Waals surface area (Å²) in [5.74, 6) is 0.294. The lowest BCUT2D eigenvalue weighted by Gasteiger charge is -2.26. The molecule has 3 rings (SSSR count). The maximum absolute atomic E-state index is 12.5. The summed E-state index contributed by atoms with van der Waals surface area (Å²) in [6, 6.07) is 24.3. The molecule has 0 saturated carbocycles. The maximum Gasteiger partial charge on any atom is 0.193 e. The first-order valence-electron chi connectivity index (χ1n) is 7.98. The summed E-state index contributed by atoms with van der Waals surface area (Å²) in [6.07, 6.45) is 0. The zero-order chi connectivity index (χ0) is 17.2. The first-order chi connectivity index (χ1) is 11.5. The minimum Gasteiger partial charge on any atom is -0.508 e. The van der Waals surface area contributed by atoms with Crippen molar-refractivity contribution in [1.29, 1.82) is 0 Å². The molecule has 3 aromatic carbocycles. The minimum atomic E-state index is -0.206. The van der Waals surface area contributed by atoms with Crippen molar-refractivity contribution < 1.29 is 9.90 Å². The number of hydrogen-bond acceptors (Lipinski definition) is 2. The normalized spacial score (nSPS) is 11.2. The van der Waals surface area contributed by atoms with Gasteiger partial charge in [0.1, 0.15) is 5.75 Å². The van der Waals surface area contributed by atoms with E-state index < -0.39 is 0 Å². The smallest absolute Gasteiger partial charge is 0.193 e. The fourth-order valence-electron chi connectivity index (χ4n) is 2.84. The van der Waals surface area contributed by atoms with Crippen molar-refractivity contribution in [2.75, 3.05) is 0 Å². The van der Waals surface area contributed by atoms with E-state index in [2.05, 4.69) is 13.8 Å². The Bertz CT molecular complexity index is 829. The van der Waals surface area contributed by atoms with Crippen LogP contribution in [0.1, 0.15) is 40.9 Å². The first-order valence-corrected chi connectivity index (χ1v) is 7.98. The Balaban J connectivity index is 1.89. The lowest BCUT2D eigenvalue weighted by atomic mass is 9.78. The Morgan fingerprint density at radius 1 is 0.708 bits per heavy atom. The highest BCUT2D eigenvalue weighted by molar-refractivity contribution is 6.08. The number of carbonyl (C=O) groups is 1. The quantitative estimate of drug-likeness (QED) is 0.692. The van der Waals surface area contributed by atoms with Crippen molar-refractivity contribution in [2.24, 2.45) is 0 Å². The van der Waals surface area contributed by atoms with Gasteiger partial charge in [-0.1, -0.05) is 80.6 Å². The van der Waals surface area contributed by atoms with Crippen LogP contribution in [0.2, 0.25) is 0 Å². The zero-order valence-corrected chi connectivity index (χ0v) is 13.9. The van der Waals surface area contributed by atoms with Crippen molar-refractivity contribution >= 4 is 5.78 Å². The number of benzene rings is 3. The summed E-state index contributed by atoms with van der Waals surface area (Å²) in [4.78, 5) is 12.5. The SMILES string of the molecule is CC(C)(c1ccc(O)cc1)c1ccc(C(=O)c2ccccc2)cc1. The molecule has 0 aromatic heterocycles.